The second-order valence-corrected chi connectivity index (χ2v) is 8.16. The van der Waals surface area contributed by atoms with Gasteiger partial charge in [-0.1, -0.05) is 72.3 Å². The van der Waals surface area contributed by atoms with E-state index in [4.69, 9.17) is 25.8 Å². The molecule has 0 N–H and O–H groups in total. The van der Waals surface area contributed by atoms with E-state index >= 15 is 0 Å². The molecule has 1 fully saturated rings. The van der Waals surface area contributed by atoms with E-state index in [1.165, 1.54) is 0 Å². The zero-order valence-electron chi connectivity index (χ0n) is 17.6. The molecule has 0 bridgehead atoms. The average molecular weight is 461 g/mol. The van der Waals surface area contributed by atoms with Crippen LogP contribution in [-0.4, -0.2) is 28.2 Å². The normalized spacial score (nSPS) is 20.0. The Morgan fingerprint density at radius 3 is 2.58 bits per heavy atom. The van der Waals surface area contributed by atoms with E-state index in [1.54, 1.807) is 36.8 Å². The van der Waals surface area contributed by atoms with Crippen LogP contribution in [0.1, 0.15) is 5.56 Å². The predicted octanol–water partition coefficient (Wildman–Crippen LogP) is 5.08. The smallest absolute Gasteiger partial charge is 0.343 e. The van der Waals surface area contributed by atoms with Gasteiger partial charge < -0.3 is 18.8 Å². The number of hydrogen-bond acceptors (Lipinski definition) is 5. The predicted molar refractivity (Wildman–Crippen MR) is 124 cm³/mol. The van der Waals surface area contributed by atoms with Crippen molar-refractivity contribution in [2.45, 2.75) is 18.4 Å². The van der Waals surface area contributed by atoms with E-state index in [9.17, 15) is 4.79 Å². The quantitative estimate of drug-likeness (QED) is 0.296. The van der Waals surface area contributed by atoms with Crippen LogP contribution in [0.4, 0.5) is 0 Å². The van der Waals surface area contributed by atoms with Crippen LogP contribution in [0.3, 0.4) is 0 Å². The monoisotopic (exact) mass is 460 g/mol. The fraction of sp³-hybridized carbons (Fsp3) is 0.154. The topological polar surface area (TPSA) is 62.6 Å². The van der Waals surface area contributed by atoms with Gasteiger partial charge in [-0.05, 0) is 29.3 Å². The fourth-order valence-electron chi connectivity index (χ4n) is 3.83. The van der Waals surface area contributed by atoms with Crippen molar-refractivity contribution in [2.75, 3.05) is 6.61 Å². The van der Waals surface area contributed by atoms with Crippen molar-refractivity contribution in [3.63, 3.8) is 0 Å². The van der Waals surface area contributed by atoms with E-state index < -0.39 is 17.9 Å². The van der Waals surface area contributed by atoms with Gasteiger partial charge in [-0.25, -0.2) is 9.78 Å². The lowest BCUT2D eigenvalue weighted by Gasteiger charge is -2.29. The molecule has 166 valence electrons. The number of rotatable bonds is 6. The first-order valence-corrected chi connectivity index (χ1v) is 10.9. The number of hydrogen-bond donors (Lipinski definition) is 0. The van der Waals surface area contributed by atoms with E-state index in [-0.39, 0.29) is 6.61 Å². The summed E-state index contributed by atoms with van der Waals surface area (Å²) in [6, 6.07) is 24.7. The lowest BCUT2D eigenvalue weighted by atomic mass is 10.00. The first kappa shape index (κ1) is 21.4. The molecule has 2 heterocycles. The van der Waals surface area contributed by atoms with Crippen LogP contribution in [0, 0.1) is 0 Å². The van der Waals surface area contributed by atoms with Gasteiger partial charge in [0.2, 0.25) is 5.79 Å². The Bertz CT molecular complexity index is 1230. The number of carbonyl (C=O) groups excluding carboxylic acids is 1. The van der Waals surface area contributed by atoms with Crippen LogP contribution in [0.5, 0.6) is 5.75 Å². The van der Waals surface area contributed by atoms with Crippen molar-refractivity contribution in [3.8, 4) is 16.9 Å². The third-order valence-electron chi connectivity index (χ3n) is 5.46. The summed E-state index contributed by atoms with van der Waals surface area (Å²) in [5.74, 6) is -1.34. The number of carbonyl (C=O) groups is 1. The molecule has 0 spiro atoms. The lowest BCUT2D eigenvalue weighted by Crippen LogP contribution is -2.35. The molecule has 1 aliphatic heterocycles. The number of benzene rings is 3. The number of esters is 1. The van der Waals surface area contributed by atoms with Crippen molar-refractivity contribution in [1.82, 2.24) is 9.55 Å². The highest BCUT2D eigenvalue weighted by Crippen LogP contribution is 2.37. The molecule has 7 heteroatoms. The summed E-state index contributed by atoms with van der Waals surface area (Å²) in [5, 5.41) is 0.483. The van der Waals surface area contributed by atoms with Gasteiger partial charge in [0.05, 0.1) is 19.5 Å². The second-order valence-electron chi connectivity index (χ2n) is 7.73. The average Bonchev–Trinajstić information content (AvgIpc) is 3.51. The van der Waals surface area contributed by atoms with Crippen molar-refractivity contribution >= 4 is 17.6 Å². The molecule has 1 saturated heterocycles. The van der Waals surface area contributed by atoms with Gasteiger partial charge in [0.25, 0.3) is 0 Å². The van der Waals surface area contributed by atoms with Crippen molar-refractivity contribution in [1.29, 1.82) is 0 Å². The maximum absolute atomic E-state index is 12.8. The van der Waals surface area contributed by atoms with E-state index in [2.05, 4.69) is 17.1 Å². The lowest BCUT2D eigenvalue weighted by molar-refractivity contribution is -0.193. The fourth-order valence-corrected chi connectivity index (χ4v) is 4.01. The summed E-state index contributed by atoms with van der Waals surface area (Å²) in [6.07, 6.45) is 4.31. The third kappa shape index (κ3) is 4.68. The van der Waals surface area contributed by atoms with Gasteiger partial charge in [-0.15, -0.1) is 0 Å². The van der Waals surface area contributed by atoms with Crippen LogP contribution in [0.25, 0.3) is 11.1 Å². The molecular formula is C26H21ClN2O4. The molecule has 0 saturated carbocycles. The molecule has 6 nitrogen and oxygen atoms in total. The minimum Gasteiger partial charge on any atom is -0.424 e. The van der Waals surface area contributed by atoms with E-state index in [0.29, 0.717) is 17.3 Å². The molecule has 5 rings (SSSR count). The number of aromatic nitrogens is 2. The van der Waals surface area contributed by atoms with Crippen molar-refractivity contribution in [3.05, 3.63) is 108 Å². The van der Waals surface area contributed by atoms with Crippen LogP contribution >= 0.6 is 11.6 Å². The van der Waals surface area contributed by atoms with Crippen LogP contribution in [-0.2, 0) is 26.6 Å². The van der Waals surface area contributed by atoms with Crippen LogP contribution < -0.4 is 4.74 Å². The summed E-state index contributed by atoms with van der Waals surface area (Å²) in [6.45, 7) is 0.396. The third-order valence-corrected chi connectivity index (χ3v) is 5.69. The maximum Gasteiger partial charge on any atom is 0.343 e. The second kappa shape index (κ2) is 9.19. The summed E-state index contributed by atoms with van der Waals surface area (Å²) in [7, 11) is 0. The summed E-state index contributed by atoms with van der Waals surface area (Å²) < 4.78 is 19.7. The van der Waals surface area contributed by atoms with Gasteiger partial charge in [0.1, 0.15) is 5.75 Å². The standard InChI is InChI=1S/C26H21ClN2O4/c27-22-7-4-8-23(15-22)32-25(30)24-16-31-26(33-24,17-29-14-13-28-18-29)21-11-9-20(10-12-21)19-5-2-1-3-6-19/h1-15,18,24H,16-17H2/t24-,26-/m0/s1. The number of nitrogens with zero attached hydrogens (tertiary/aromatic N) is 2. The molecule has 33 heavy (non-hydrogen) atoms. The largest absolute Gasteiger partial charge is 0.424 e. The highest BCUT2D eigenvalue weighted by Gasteiger charge is 2.47. The molecular weight excluding hydrogens is 440 g/mol. The number of ether oxygens (including phenoxy) is 3. The van der Waals surface area contributed by atoms with E-state index in [0.717, 1.165) is 16.7 Å². The Morgan fingerprint density at radius 2 is 1.85 bits per heavy atom. The minimum atomic E-state index is -1.16. The van der Waals surface area contributed by atoms with Crippen molar-refractivity contribution < 1.29 is 19.0 Å². The molecule has 0 aliphatic carbocycles. The molecule has 2 atom stereocenters. The Labute approximate surface area is 196 Å². The Hall–Kier alpha value is -3.45. The van der Waals surface area contributed by atoms with Crippen LogP contribution in [0.15, 0.2) is 97.6 Å². The van der Waals surface area contributed by atoms with Gasteiger partial charge in [-0.3, -0.25) is 0 Å². The number of halogens is 1. The summed E-state index contributed by atoms with van der Waals surface area (Å²) in [4.78, 5) is 16.9. The molecule has 1 aliphatic rings. The molecule has 0 unspecified atom stereocenters. The first-order valence-electron chi connectivity index (χ1n) is 10.5. The van der Waals surface area contributed by atoms with E-state index in [1.807, 2.05) is 53.2 Å². The Balaban J connectivity index is 1.40. The zero-order valence-corrected chi connectivity index (χ0v) is 18.4. The van der Waals surface area contributed by atoms with Crippen LogP contribution in [0.2, 0.25) is 5.02 Å². The molecule has 1 aromatic heterocycles. The SMILES string of the molecule is O=C(Oc1cccc(Cl)c1)[C@@H]1CO[C@](Cn2ccnc2)(c2ccc(-c3ccccc3)cc2)O1. The zero-order chi connectivity index (χ0) is 22.7. The molecule has 0 amide bonds. The molecule has 0 radical (unpaired) electrons. The minimum absolute atomic E-state index is 0.0640. The van der Waals surface area contributed by atoms with Gasteiger partial charge in [-0.2, -0.15) is 0 Å². The highest BCUT2D eigenvalue weighted by molar-refractivity contribution is 6.30. The first-order chi connectivity index (χ1) is 16.1. The Kier molecular flexibility index (Phi) is 5.96. The van der Waals surface area contributed by atoms with Gasteiger partial charge in [0, 0.05) is 23.0 Å². The summed E-state index contributed by atoms with van der Waals surface area (Å²) in [5.41, 5.74) is 2.99. The number of imidazole rings is 1. The van der Waals surface area contributed by atoms with Gasteiger partial charge in [0.15, 0.2) is 6.10 Å². The highest BCUT2D eigenvalue weighted by atomic mass is 35.5. The van der Waals surface area contributed by atoms with Gasteiger partial charge >= 0.3 is 5.97 Å². The summed E-state index contributed by atoms with van der Waals surface area (Å²) >= 11 is 5.99. The molecule has 3 aromatic carbocycles. The van der Waals surface area contributed by atoms with Crippen molar-refractivity contribution in [2.24, 2.45) is 0 Å². The molecule has 4 aromatic rings. The Morgan fingerprint density at radius 1 is 1.06 bits per heavy atom. The maximum atomic E-state index is 12.8.